The average Bonchev–Trinajstić information content (AvgIpc) is 2.81. The molecule has 1 heterocycles. The van der Waals surface area contributed by atoms with Crippen molar-refractivity contribution < 1.29 is 4.79 Å². The second kappa shape index (κ2) is 5.28. The number of hydrogen-bond acceptors (Lipinski definition) is 2. The summed E-state index contributed by atoms with van der Waals surface area (Å²) < 4.78 is 0. The highest BCUT2D eigenvalue weighted by atomic mass is 35.5. The van der Waals surface area contributed by atoms with Crippen LogP contribution in [0.4, 0.5) is 0 Å². The first-order chi connectivity index (χ1) is 7.75. The van der Waals surface area contributed by atoms with Crippen LogP contribution in [0.5, 0.6) is 0 Å². The highest BCUT2D eigenvalue weighted by Crippen LogP contribution is 2.15. The lowest BCUT2D eigenvalue weighted by Crippen LogP contribution is -1.98. The first-order valence-electron chi connectivity index (χ1n) is 5.07. The summed E-state index contributed by atoms with van der Waals surface area (Å²) in [4.78, 5) is 12.6. The van der Waals surface area contributed by atoms with E-state index in [1.54, 1.807) is 0 Å². The van der Waals surface area contributed by atoms with Crippen LogP contribution in [-0.2, 0) is 6.42 Å². The quantitative estimate of drug-likeness (QED) is 0.743. The fraction of sp³-hybridized carbons (Fsp3) is 0.154. The molecule has 16 heavy (non-hydrogen) atoms. The fourth-order valence-electron chi connectivity index (χ4n) is 1.47. The molecule has 0 saturated carbocycles. The molecule has 1 aromatic heterocycles. The lowest BCUT2D eigenvalue weighted by Gasteiger charge is -2.00. The predicted molar refractivity (Wildman–Crippen MR) is 68.4 cm³/mol. The number of thiophene rings is 1. The number of hydrogen-bond donors (Lipinski definition) is 0. The van der Waals surface area contributed by atoms with Crippen LogP contribution in [0.25, 0.3) is 0 Å². The van der Waals surface area contributed by atoms with Crippen molar-refractivity contribution in [3.05, 3.63) is 57.2 Å². The van der Waals surface area contributed by atoms with E-state index >= 15 is 0 Å². The van der Waals surface area contributed by atoms with Crippen LogP contribution in [0.15, 0.2) is 41.8 Å². The van der Waals surface area contributed by atoms with E-state index in [0.717, 1.165) is 21.9 Å². The Hall–Kier alpha value is -1.12. The fourth-order valence-corrected chi connectivity index (χ4v) is 2.29. The Labute approximate surface area is 104 Å². The third-order valence-corrected chi connectivity index (χ3v) is 3.51. The second-order valence-corrected chi connectivity index (χ2v) is 4.91. The van der Waals surface area contributed by atoms with Gasteiger partial charge in [-0.15, -0.1) is 11.3 Å². The Balaban J connectivity index is 1.93. The molecule has 0 aliphatic heterocycles. The van der Waals surface area contributed by atoms with E-state index in [4.69, 9.17) is 11.6 Å². The zero-order chi connectivity index (χ0) is 11.4. The predicted octanol–water partition coefficient (Wildman–Crippen LogP) is 4.22. The highest BCUT2D eigenvalue weighted by Gasteiger charge is 2.06. The Kier molecular flexibility index (Phi) is 3.75. The van der Waals surface area contributed by atoms with Crippen LogP contribution in [0.1, 0.15) is 21.7 Å². The van der Waals surface area contributed by atoms with E-state index in [2.05, 4.69) is 0 Å². The van der Waals surface area contributed by atoms with Crippen molar-refractivity contribution in [2.75, 3.05) is 0 Å². The molecule has 0 unspecified atom stereocenters. The van der Waals surface area contributed by atoms with Crippen LogP contribution in [-0.4, -0.2) is 5.78 Å². The van der Waals surface area contributed by atoms with Gasteiger partial charge in [-0.2, -0.15) is 0 Å². The van der Waals surface area contributed by atoms with Crippen LogP contribution in [0, 0.1) is 0 Å². The van der Waals surface area contributed by atoms with E-state index < -0.39 is 0 Å². The first kappa shape index (κ1) is 11.4. The zero-order valence-corrected chi connectivity index (χ0v) is 10.2. The van der Waals surface area contributed by atoms with Crippen molar-refractivity contribution in [2.45, 2.75) is 12.8 Å². The van der Waals surface area contributed by atoms with E-state index in [1.165, 1.54) is 11.3 Å². The van der Waals surface area contributed by atoms with Gasteiger partial charge in [0.15, 0.2) is 5.78 Å². The van der Waals surface area contributed by atoms with Gasteiger partial charge in [-0.05, 0) is 35.6 Å². The third-order valence-electron chi connectivity index (χ3n) is 2.35. The van der Waals surface area contributed by atoms with Crippen molar-refractivity contribution >= 4 is 28.7 Å². The first-order valence-corrected chi connectivity index (χ1v) is 6.32. The van der Waals surface area contributed by atoms with Crippen molar-refractivity contribution in [2.24, 2.45) is 0 Å². The molecular formula is C13H11ClOS. The Bertz CT molecular complexity index is 459. The number of carbonyl (C=O) groups is 1. The molecule has 0 saturated heterocycles. The Morgan fingerprint density at radius 2 is 1.94 bits per heavy atom. The van der Waals surface area contributed by atoms with Gasteiger partial charge >= 0.3 is 0 Å². The number of rotatable bonds is 4. The summed E-state index contributed by atoms with van der Waals surface area (Å²) in [6, 6.07) is 11.4. The zero-order valence-electron chi connectivity index (χ0n) is 8.65. The molecule has 3 heteroatoms. The minimum Gasteiger partial charge on any atom is -0.293 e. The molecule has 0 bridgehead atoms. The molecule has 0 aliphatic carbocycles. The molecule has 0 fully saturated rings. The molecule has 1 nitrogen and oxygen atoms in total. The molecule has 2 aromatic rings. The monoisotopic (exact) mass is 250 g/mol. The summed E-state index contributed by atoms with van der Waals surface area (Å²) >= 11 is 7.29. The van der Waals surface area contributed by atoms with E-state index in [-0.39, 0.29) is 5.78 Å². The molecule has 0 amide bonds. The maximum Gasteiger partial charge on any atom is 0.173 e. The summed E-state index contributed by atoms with van der Waals surface area (Å²) in [5.74, 6) is 0.213. The largest absolute Gasteiger partial charge is 0.293 e. The topological polar surface area (TPSA) is 17.1 Å². The van der Waals surface area contributed by atoms with Gasteiger partial charge in [0.25, 0.3) is 0 Å². The van der Waals surface area contributed by atoms with Gasteiger partial charge in [-0.25, -0.2) is 0 Å². The number of Topliss-reactive ketones (excluding diaryl/α,β-unsaturated/α-hetero) is 1. The molecule has 0 atom stereocenters. The van der Waals surface area contributed by atoms with Crippen molar-refractivity contribution in [3.63, 3.8) is 0 Å². The van der Waals surface area contributed by atoms with Gasteiger partial charge in [-0.1, -0.05) is 29.8 Å². The van der Waals surface area contributed by atoms with E-state index in [1.807, 2.05) is 41.8 Å². The number of aryl methyl sites for hydroxylation is 1. The van der Waals surface area contributed by atoms with Crippen LogP contribution < -0.4 is 0 Å². The standard InChI is InChI=1S/C13H11ClOS/c14-11-6-3-10(4-7-11)5-8-12(15)13-2-1-9-16-13/h1-4,6-7,9H,5,8H2. The van der Waals surface area contributed by atoms with Crippen molar-refractivity contribution in [1.29, 1.82) is 0 Å². The van der Waals surface area contributed by atoms with Crippen molar-refractivity contribution in [1.82, 2.24) is 0 Å². The Morgan fingerprint density at radius 1 is 1.19 bits per heavy atom. The van der Waals surface area contributed by atoms with Gasteiger partial charge in [0.2, 0.25) is 0 Å². The minimum absolute atomic E-state index is 0.213. The summed E-state index contributed by atoms with van der Waals surface area (Å²) in [6.07, 6.45) is 1.33. The smallest absolute Gasteiger partial charge is 0.173 e. The minimum atomic E-state index is 0.213. The molecule has 0 N–H and O–H groups in total. The van der Waals surface area contributed by atoms with Gasteiger partial charge in [0, 0.05) is 11.4 Å². The van der Waals surface area contributed by atoms with Gasteiger partial charge in [-0.3, -0.25) is 4.79 Å². The van der Waals surface area contributed by atoms with Crippen LogP contribution in [0.2, 0.25) is 5.02 Å². The molecule has 1 aromatic carbocycles. The number of halogens is 1. The number of carbonyl (C=O) groups excluding carboxylic acids is 1. The van der Waals surface area contributed by atoms with Gasteiger partial charge < -0.3 is 0 Å². The van der Waals surface area contributed by atoms with Crippen LogP contribution >= 0.6 is 22.9 Å². The number of benzene rings is 1. The van der Waals surface area contributed by atoms with E-state index in [0.29, 0.717) is 6.42 Å². The van der Waals surface area contributed by atoms with Crippen LogP contribution in [0.3, 0.4) is 0 Å². The number of ketones is 1. The second-order valence-electron chi connectivity index (χ2n) is 3.53. The Morgan fingerprint density at radius 3 is 2.56 bits per heavy atom. The maximum absolute atomic E-state index is 11.7. The van der Waals surface area contributed by atoms with Gasteiger partial charge in [0.05, 0.1) is 4.88 Å². The van der Waals surface area contributed by atoms with Gasteiger partial charge in [0.1, 0.15) is 0 Å². The molecule has 2 rings (SSSR count). The average molecular weight is 251 g/mol. The summed E-state index contributed by atoms with van der Waals surface area (Å²) in [7, 11) is 0. The summed E-state index contributed by atoms with van der Waals surface area (Å²) in [5, 5.41) is 2.66. The molecular weight excluding hydrogens is 240 g/mol. The SMILES string of the molecule is O=C(CCc1ccc(Cl)cc1)c1cccs1. The summed E-state index contributed by atoms with van der Waals surface area (Å²) in [6.45, 7) is 0. The van der Waals surface area contributed by atoms with Crippen molar-refractivity contribution in [3.8, 4) is 0 Å². The lowest BCUT2D eigenvalue weighted by molar-refractivity contribution is 0.0987. The normalized spacial score (nSPS) is 10.3. The molecule has 0 radical (unpaired) electrons. The van der Waals surface area contributed by atoms with E-state index in [9.17, 15) is 4.79 Å². The molecule has 0 aliphatic rings. The highest BCUT2D eigenvalue weighted by molar-refractivity contribution is 7.12. The molecule has 82 valence electrons. The third kappa shape index (κ3) is 2.94. The molecule has 0 spiro atoms. The summed E-state index contributed by atoms with van der Waals surface area (Å²) in [5.41, 5.74) is 1.15. The maximum atomic E-state index is 11.7. The lowest BCUT2D eigenvalue weighted by atomic mass is 10.1.